The maximum Gasteiger partial charge on any atom is 0.226 e. The molecule has 0 bridgehead atoms. The number of nitrogens with one attached hydrogen (secondary N) is 3. The molecule has 28 heavy (non-hydrogen) atoms. The largest absolute Gasteiger partial charge is 0.339 e. The molecule has 0 aromatic rings. The highest BCUT2D eigenvalue weighted by molar-refractivity contribution is 5.87. The molecule has 1 saturated carbocycles. The van der Waals surface area contributed by atoms with Crippen LogP contribution in [0.3, 0.4) is 0 Å². The molecule has 2 amide bonds. The van der Waals surface area contributed by atoms with E-state index >= 15 is 0 Å². The van der Waals surface area contributed by atoms with Crippen LogP contribution in [0.15, 0.2) is 0 Å². The first-order valence-corrected chi connectivity index (χ1v) is 11.3. The monoisotopic (exact) mass is 394 g/mol. The van der Waals surface area contributed by atoms with Gasteiger partial charge in [-0.2, -0.15) is 0 Å². The number of hydrogen-bond acceptors (Lipinski definition) is 4. The molecule has 0 aromatic carbocycles. The van der Waals surface area contributed by atoms with Crippen molar-refractivity contribution in [2.75, 3.05) is 13.1 Å². The minimum Gasteiger partial charge on any atom is -0.339 e. The summed E-state index contributed by atoms with van der Waals surface area (Å²) in [6.45, 7) is 3.76. The second kappa shape index (κ2) is 8.66. The highest BCUT2D eigenvalue weighted by Gasteiger charge is 2.42. The van der Waals surface area contributed by atoms with Crippen molar-refractivity contribution in [3.05, 3.63) is 0 Å². The van der Waals surface area contributed by atoms with E-state index in [4.69, 9.17) is 0 Å². The molecule has 4 aliphatic rings. The van der Waals surface area contributed by atoms with Crippen LogP contribution in [0.1, 0.15) is 64.7 Å². The van der Waals surface area contributed by atoms with Gasteiger partial charge in [-0.1, -0.05) is 6.42 Å². The zero-order valence-corrected chi connectivity index (χ0v) is 17.0. The molecule has 4 rings (SSSR count). The van der Waals surface area contributed by atoms with Crippen LogP contribution in [0, 0.1) is 11.8 Å². The lowest BCUT2D eigenvalue weighted by Crippen LogP contribution is -2.67. The van der Waals surface area contributed by atoms with Crippen molar-refractivity contribution in [1.29, 1.82) is 0 Å². The van der Waals surface area contributed by atoms with E-state index in [-0.39, 0.29) is 48.4 Å². The molecule has 7 heteroatoms. The number of piperidine rings is 2. The minimum atomic E-state index is -0.713. The number of amides is 2. The van der Waals surface area contributed by atoms with E-state index in [2.05, 4.69) is 16.0 Å². The molecule has 7 unspecified atom stereocenters. The molecule has 3 aliphatic heterocycles. The van der Waals surface area contributed by atoms with Crippen molar-refractivity contribution < 1.29 is 14.0 Å². The number of likely N-dealkylation sites (tertiary alicyclic amines) is 1. The van der Waals surface area contributed by atoms with Gasteiger partial charge in [0.15, 0.2) is 0 Å². The zero-order chi connectivity index (χ0) is 19.7. The van der Waals surface area contributed by atoms with Gasteiger partial charge in [-0.25, -0.2) is 4.39 Å². The summed E-state index contributed by atoms with van der Waals surface area (Å²) in [5.74, 6) is -0.00258. The van der Waals surface area contributed by atoms with Crippen molar-refractivity contribution in [1.82, 2.24) is 20.9 Å². The summed E-state index contributed by atoms with van der Waals surface area (Å²) in [7, 11) is 0. The predicted octanol–water partition coefficient (Wildman–Crippen LogP) is 1.70. The van der Waals surface area contributed by atoms with E-state index in [1.165, 1.54) is 12.8 Å². The van der Waals surface area contributed by atoms with Crippen molar-refractivity contribution in [2.45, 2.75) is 95.2 Å². The Hall–Kier alpha value is -1.21. The Morgan fingerprint density at radius 3 is 2.79 bits per heavy atom. The van der Waals surface area contributed by atoms with Crippen molar-refractivity contribution in [3.8, 4) is 0 Å². The molecule has 0 spiro atoms. The first-order chi connectivity index (χ1) is 13.5. The molecular weight excluding hydrogens is 359 g/mol. The molecule has 0 aromatic heterocycles. The Morgan fingerprint density at radius 1 is 1.18 bits per heavy atom. The van der Waals surface area contributed by atoms with Crippen LogP contribution in [0.25, 0.3) is 0 Å². The quantitative estimate of drug-likeness (QED) is 0.681. The smallest absolute Gasteiger partial charge is 0.226 e. The topological polar surface area (TPSA) is 73.5 Å². The summed E-state index contributed by atoms with van der Waals surface area (Å²) in [4.78, 5) is 27.9. The third-order valence-corrected chi connectivity index (χ3v) is 7.40. The summed E-state index contributed by atoms with van der Waals surface area (Å²) in [5, 5.41) is 10.1. The number of rotatable bonds is 3. The molecule has 7 atom stereocenters. The fourth-order valence-electron chi connectivity index (χ4n) is 5.79. The Kier molecular flexibility index (Phi) is 6.21. The second-order valence-electron chi connectivity index (χ2n) is 9.28. The van der Waals surface area contributed by atoms with Gasteiger partial charge in [-0.15, -0.1) is 0 Å². The Bertz CT molecular complexity index is 583. The third kappa shape index (κ3) is 4.20. The van der Waals surface area contributed by atoms with Crippen molar-refractivity contribution in [2.24, 2.45) is 11.8 Å². The molecule has 4 fully saturated rings. The molecule has 3 N–H and O–H groups in total. The molecule has 158 valence electrons. The van der Waals surface area contributed by atoms with Crippen molar-refractivity contribution >= 4 is 11.8 Å². The van der Waals surface area contributed by atoms with Crippen LogP contribution in [0.4, 0.5) is 4.39 Å². The summed E-state index contributed by atoms with van der Waals surface area (Å²) in [5.41, 5.74) is 0. The highest BCUT2D eigenvalue weighted by Crippen LogP contribution is 2.37. The van der Waals surface area contributed by atoms with E-state index in [0.717, 1.165) is 38.8 Å². The van der Waals surface area contributed by atoms with Gasteiger partial charge in [-0.05, 0) is 64.3 Å². The molecule has 3 heterocycles. The van der Waals surface area contributed by atoms with Gasteiger partial charge in [0, 0.05) is 31.1 Å². The van der Waals surface area contributed by atoms with Gasteiger partial charge >= 0.3 is 0 Å². The minimum absolute atomic E-state index is 0.0157. The van der Waals surface area contributed by atoms with Crippen LogP contribution in [0.5, 0.6) is 0 Å². The number of carbonyl (C=O) groups excluding carboxylic acids is 2. The van der Waals surface area contributed by atoms with E-state index in [9.17, 15) is 14.0 Å². The third-order valence-electron chi connectivity index (χ3n) is 7.40. The van der Waals surface area contributed by atoms with E-state index in [0.29, 0.717) is 18.8 Å². The normalized spacial score (nSPS) is 41.9. The Balaban J connectivity index is 1.35. The number of carbonyl (C=O) groups is 2. The van der Waals surface area contributed by atoms with Crippen LogP contribution in [-0.4, -0.2) is 60.3 Å². The molecule has 1 aliphatic carbocycles. The maximum absolute atomic E-state index is 13.8. The van der Waals surface area contributed by atoms with E-state index in [1.54, 1.807) is 0 Å². The number of nitrogens with zero attached hydrogens (tertiary/aromatic N) is 1. The van der Waals surface area contributed by atoms with Gasteiger partial charge in [-0.3, -0.25) is 14.9 Å². The van der Waals surface area contributed by atoms with Gasteiger partial charge in [0.05, 0.1) is 12.1 Å². The first-order valence-electron chi connectivity index (χ1n) is 11.3. The average Bonchev–Trinajstić information content (AvgIpc) is 2.70. The molecule has 6 nitrogen and oxygen atoms in total. The van der Waals surface area contributed by atoms with Gasteiger partial charge in [0.25, 0.3) is 0 Å². The fourth-order valence-corrected chi connectivity index (χ4v) is 5.79. The number of halogens is 1. The number of hydrogen-bond donors (Lipinski definition) is 3. The molecular formula is C21H35FN4O2. The fraction of sp³-hybridized carbons (Fsp3) is 0.905. The maximum atomic E-state index is 13.8. The summed E-state index contributed by atoms with van der Waals surface area (Å²) in [6, 6.07) is 0.395. The predicted molar refractivity (Wildman–Crippen MR) is 105 cm³/mol. The first kappa shape index (κ1) is 20.1. The van der Waals surface area contributed by atoms with Crippen LogP contribution < -0.4 is 16.0 Å². The number of fused-ring (bicyclic) bond motifs is 1. The van der Waals surface area contributed by atoms with Gasteiger partial charge < -0.3 is 15.5 Å². The summed E-state index contributed by atoms with van der Waals surface area (Å²) < 4.78 is 13.8. The van der Waals surface area contributed by atoms with Gasteiger partial charge in [0.2, 0.25) is 11.8 Å². The number of alkyl halides is 1. The van der Waals surface area contributed by atoms with E-state index < -0.39 is 6.17 Å². The van der Waals surface area contributed by atoms with E-state index in [1.807, 2.05) is 11.8 Å². The van der Waals surface area contributed by atoms with Crippen LogP contribution in [-0.2, 0) is 9.59 Å². The highest BCUT2D eigenvalue weighted by atomic mass is 19.1. The SMILES string of the molecule is CC1NC(C2CCCCN2)NC(=O)C1CC(=O)N1CCCC2CC(F)CCC21. The summed E-state index contributed by atoms with van der Waals surface area (Å²) in [6.07, 6.45) is 6.76. The molecule has 3 saturated heterocycles. The lowest BCUT2D eigenvalue weighted by Gasteiger charge is -2.46. The van der Waals surface area contributed by atoms with Crippen molar-refractivity contribution in [3.63, 3.8) is 0 Å². The lowest BCUT2D eigenvalue weighted by atomic mass is 9.77. The van der Waals surface area contributed by atoms with Gasteiger partial charge in [0.1, 0.15) is 6.17 Å². The zero-order valence-electron chi connectivity index (χ0n) is 17.0. The Morgan fingerprint density at radius 2 is 2.04 bits per heavy atom. The molecule has 0 radical (unpaired) electrons. The van der Waals surface area contributed by atoms with Crippen LogP contribution in [0.2, 0.25) is 0 Å². The second-order valence-corrected chi connectivity index (χ2v) is 9.28. The standard InChI is InChI=1S/C21H35FN4O2/c1-13-16(21(28)25-20(24-13)17-6-2-3-9-23-17)12-19(27)26-10-4-5-14-11-15(22)7-8-18(14)26/h13-18,20,23-24H,2-12H2,1H3,(H,25,28). The average molecular weight is 395 g/mol. The van der Waals surface area contributed by atoms with Crippen LogP contribution >= 0.6 is 0 Å². The lowest BCUT2D eigenvalue weighted by molar-refractivity contribution is -0.143. The summed E-state index contributed by atoms with van der Waals surface area (Å²) >= 11 is 0. The Labute approximate surface area is 167 Å².